The minimum Gasteiger partial charge on any atom is -0.463 e. The van der Waals surface area contributed by atoms with E-state index >= 15 is 0 Å². The SMILES string of the molecule is CCC[C@@H](O)CC(=O)O[C@@H](C)CCC. The lowest BCUT2D eigenvalue weighted by Gasteiger charge is -2.14. The standard InChI is InChI=1S/C11H22O3/c1-4-6-9(3)14-11(13)8-10(12)7-5-2/h9-10,12H,4-8H2,1-3H3/t9-,10+/m0/s1. The summed E-state index contributed by atoms with van der Waals surface area (Å²) in [5, 5.41) is 9.36. The van der Waals surface area contributed by atoms with Crippen molar-refractivity contribution in [3.05, 3.63) is 0 Å². The maximum atomic E-state index is 11.2. The number of ether oxygens (including phenoxy) is 1. The third kappa shape index (κ3) is 6.89. The van der Waals surface area contributed by atoms with Gasteiger partial charge in [-0.2, -0.15) is 0 Å². The summed E-state index contributed by atoms with van der Waals surface area (Å²) in [5.41, 5.74) is 0. The second kappa shape index (κ2) is 7.80. The van der Waals surface area contributed by atoms with Crippen molar-refractivity contribution in [2.75, 3.05) is 0 Å². The number of hydrogen-bond donors (Lipinski definition) is 1. The molecule has 0 aromatic heterocycles. The van der Waals surface area contributed by atoms with Gasteiger partial charge in [0.2, 0.25) is 0 Å². The van der Waals surface area contributed by atoms with Crippen molar-refractivity contribution < 1.29 is 14.6 Å². The van der Waals surface area contributed by atoms with Crippen LogP contribution in [0.1, 0.15) is 52.9 Å². The summed E-state index contributed by atoms with van der Waals surface area (Å²) in [6.07, 6.45) is 3.00. The van der Waals surface area contributed by atoms with E-state index in [9.17, 15) is 9.90 Å². The van der Waals surface area contributed by atoms with Gasteiger partial charge in [-0.05, 0) is 19.8 Å². The second-order valence-corrected chi connectivity index (χ2v) is 3.74. The van der Waals surface area contributed by atoms with Crippen LogP contribution in [-0.2, 0) is 9.53 Å². The second-order valence-electron chi connectivity index (χ2n) is 3.74. The zero-order chi connectivity index (χ0) is 11.0. The summed E-state index contributed by atoms with van der Waals surface area (Å²) in [7, 11) is 0. The minimum absolute atomic E-state index is 0.0265. The van der Waals surface area contributed by atoms with Crippen molar-refractivity contribution >= 4 is 5.97 Å². The van der Waals surface area contributed by atoms with Gasteiger partial charge in [-0.1, -0.05) is 26.7 Å². The number of carbonyl (C=O) groups excluding carboxylic acids is 1. The topological polar surface area (TPSA) is 46.5 Å². The van der Waals surface area contributed by atoms with E-state index in [1.54, 1.807) is 0 Å². The normalized spacial score (nSPS) is 14.9. The van der Waals surface area contributed by atoms with Gasteiger partial charge in [-0.25, -0.2) is 0 Å². The first-order valence-corrected chi connectivity index (χ1v) is 5.47. The van der Waals surface area contributed by atoms with Crippen molar-refractivity contribution in [3.8, 4) is 0 Å². The molecule has 0 saturated carbocycles. The van der Waals surface area contributed by atoms with Crippen LogP contribution in [0.2, 0.25) is 0 Å². The van der Waals surface area contributed by atoms with Gasteiger partial charge < -0.3 is 9.84 Å². The van der Waals surface area contributed by atoms with Gasteiger partial charge in [0.25, 0.3) is 0 Å². The van der Waals surface area contributed by atoms with E-state index < -0.39 is 6.10 Å². The first-order chi connectivity index (χ1) is 6.60. The molecule has 1 N–H and O–H groups in total. The smallest absolute Gasteiger partial charge is 0.308 e. The number of aliphatic hydroxyl groups excluding tert-OH is 1. The molecular weight excluding hydrogens is 180 g/mol. The zero-order valence-corrected chi connectivity index (χ0v) is 9.45. The van der Waals surface area contributed by atoms with Crippen molar-refractivity contribution in [1.29, 1.82) is 0 Å². The molecule has 0 aliphatic carbocycles. The van der Waals surface area contributed by atoms with Gasteiger partial charge in [0.05, 0.1) is 18.6 Å². The molecule has 0 aromatic rings. The molecule has 0 radical (unpaired) electrons. The van der Waals surface area contributed by atoms with Crippen LogP contribution >= 0.6 is 0 Å². The van der Waals surface area contributed by atoms with E-state index in [1.165, 1.54) is 0 Å². The summed E-state index contributed by atoms with van der Waals surface area (Å²) >= 11 is 0. The molecule has 0 fully saturated rings. The minimum atomic E-state index is -0.540. The van der Waals surface area contributed by atoms with Crippen LogP contribution in [0.15, 0.2) is 0 Å². The molecule has 3 nitrogen and oxygen atoms in total. The maximum Gasteiger partial charge on any atom is 0.308 e. The van der Waals surface area contributed by atoms with Crippen LogP contribution in [0.5, 0.6) is 0 Å². The van der Waals surface area contributed by atoms with E-state index in [4.69, 9.17) is 4.74 Å². The Kier molecular flexibility index (Phi) is 7.48. The summed E-state index contributed by atoms with van der Waals surface area (Å²) in [6.45, 7) is 5.91. The Balaban J connectivity index is 3.63. The molecule has 0 aliphatic heterocycles. The van der Waals surface area contributed by atoms with Crippen molar-refractivity contribution in [2.24, 2.45) is 0 Å². The van der Waals surface area contributed by atoms with Gasteiger partial charge in [-0.15, -0.1) is 0 Å². The predicted molar refractivity (Wildman–Crippen MR) is 56.0 cm³/mol. The molecule has 2 atom stereocenters. The summed E-state index contributed by atoms with van der Waals surface area (Å²) in [5.74, 6) is -0.285. The molecule has 0 spiro atoms. The van der Waals surface area contributed by atoms with E-state index in [-0.39, 0.29) is 18.5 Å². The van der Waals surface area contributed by atoms with Crippen molar-refractivity contribution in [3.63, 3.8) is 0 Å². The molecule has 0 bridgehead atoms. The molecule has 0 heterocycles. The molecular formula is C11H22O3. The van der Waals surface area contributed by atoms with Gasteiger partial charge in [0, 0.05) is 0 Å². The molecule has 84 valence electrons. The number of aliphatic hydroxyl groups is 1. The lowest BCUT2D eigenvalue weighted by Crippen LogP contribution is -2.20. The molecule has 0 saturated heterocycles. The zero-order valence-electron chi connectivity index (χ0n) is 9.45. The fourth-order valence-corrected chi connectivity index (χ4v) is 1.37. The Morgan fingerprint density at radius 2 is 1.86 bits per heavy atom. The lowest BCUT2D eigenvalue weighted by atomic mass is 10.1. The first kappa shape index (κ1) is 13.4. The number of hydrogen-bond acceptors (Lipinski definition) is 3. The highest BCUT2D eigenvalue weighted by molar-refractivity contribution is 5.70. The summed E-state index contributed by atoms with van der Waals surface area (Å²) < 4.78 is 5.11. The Hall–Kier alpha value is -0.570. The Morgan fingerprint density at radius 3 is 2.36 bits per heavy atom. The monoisotopic (exact) mass is 202 g/mol. The predicted octanol–water partition coefficient (Wildman–Crippen LogP) is 2.27. The molecule has 14 heavy (non-hydrogen) atoms. The Morgan fingerprint density at radius 1 is 1.29 bits per heavy atom. The number of esters is 1. The van der Waals surface area contributed by atoms with Crippen LogP contribution in [0, 0.1) is 0 Å². The number of carbonyl (C=O) groups is 1. The average molecular weight is 202 g/mol. The highest BCUT2D eigenvalue weighted by Crippen LogP contribution is 2.06. The van der Waals surface area contributed by atoms with Crippen molar-refractivity contribution in [1.82, 2.24) is 0 Å². The Labute approximate surface area is 86.5 Å². The molecule has 0 amide bonds. The quantitative estimate of drug-likeness (QED) is 0.644. The van der Waals surface area contributed by atoms with Gasteiger partial charge in [0.1, 0.15) is 0 Å². The van der Waals surface area contributed by atoms with Gasteiger partial charge in [-0.3, -0.25) is 4.79 Å². The molecule has 0 unspecified atom stereocenters. The molecule has 0 rings (SSSR count). The van der Waals surface area contributed by atoms with E-state index in [1.807, 2.05) is 13.8 Å². The third-order valence-corrected chi connectivity index (χ3v) is 2.05. The average Bonchev–Trinajstić information content (AvgIpc) is 2.03. The lowest BCUT2D eigenvalue weighted by molar-refractivity contribution is -0.150. The summed E-state index contributed by atoms with van der Waals surface area (Å²) in [6, 6.07) is 0. The van der Waals surface area contributed by atoms with E-state index in [0.29, 0.717) is 6.42 Å². The van der Waals surface area contributed by atoms with E-state index in [0.717, 1.165) is 19.3 Å². The largest absolute Gasteiger partial charge is 0.463 e. The third-order valence-electron chi connectivity index (χ3n) is 2.05. The summed E-state index contributed by atoms with van der Waals surface area (Å²) in [4.78, 5) is 11.2. The van der Waals surface area contributed by atoms with Crippen LogP contribution in [-0.4, -0.2) is 23.3 Å². The van der Waals surface area contributed by atoms with Crippen molar-refractivity contribution in [2.45, 2.75) is 65.1 Å². The molecule has 3 heteroatoms. The van der Waals surface area contributed by atoms with E-state index in [2.05, 4.69) is 6.92 Å². The van der Waals surface area contributed by atoms with Gasteiger partial charge in [0.15, 0.2) is 0 Å². The van der Waals surface area contributed by atoms with Crippen LogP contribution in [0.4, 0.5) is 0 Å². The van der Waals surface area contributed by atoms with Crippen LogP contribution in [0.25, 0.3) is 0 Å². The fraction of sp³-hybridized carbons (Fsp3) is 0.909. The fourth-order valence-electron chi connectivity index (χ4n) is 1.37. The maximum absolute atomic E-state index is 11.2. The molecule has 0 aliphatic rings. The number of rotatable bonds is 7. The molecule has 0 aromatic carbocycles. The van der Waals surface area contributed by atoms with Crippen LogP contribution < -0.4 is 0 Å². The Bertz CT molecular complexity index is 141. The highest BCUT2D eigenvalue weighted by Gasteiger charge is 2.13. The highest BCUT2D eigenvalue weighted by atomic mass is 16.5. The first-order valence-electron chi connectivity index (χ1n) is 5.47. The van der Waals surface area contributed by atoms with Crippen LogP contribution in [0.3, 0.4) is 0 Å². The van der Waals surface area contributed by atoms with Gasteiger partial charge >= 0.3 is 5.97 Å².